The summed E-state index contributed by atoms with van der Waals surface area (Å²) in [6.07, 6.45) is 11.8. The van der Waals surface area contributed by atoms with Crippen molar-refractivity contribution in [2.75, 3.05) is 33.7 Å². The van der Waals surface area contributed by atoms with E-state index >= 15 is 0 Å². The van der Waals surface area contributed by atoms with Crippen LogP contribution in [0.4, 0.5) is 4.39 Å². The van der Waals surface area contributed by atoms with E-state index in [-0.39, 0.29) is 17.8 Å². The van der Waals surface area contributed by atoms with Gasteiger partial charge in [-0.15, -0.1) is 0 Å². The molecule has 1 saturated heterocycles. The number of carbonyl (C=O) groups excluding carboxylic acids is 1. The molecule has 3 rings (SSSR count). The lowest BCUT2D eigenvalue weighted by Gasteiger charge is -2.32. The molecule has 0 aromatic carbocycles. The highest BCUT2D eigenvalue weighted by Gasteiger charge is 2.26. The van der Waals surface area contributed by atoms with E-state index in [2.05, 4.69) is 47.8 Å². The predicted octanol–water partition coefficient (Wildman–Crippen LogP) is 6.10. The molecule has 1 aliphatic heterocycles. The first-order valence-corrected chi connectivity index (χ1v) is 13.8. The van der Waals surface area contributed by atoms with Gasteiger partial charge in [0.05, 0.1) is 6.20 Å². The Morgan fingerprint density at radius 2 is 1.89 bits per heavy atom. The monoisotopic (exact) mass is 522 g/mol. The standard InChI is InChI=1S/C14H19N5OS.C8H14FN.C3H8.C2H6/c1-18(2)8-10-3-5-19(6-4-10)14(20)13-17-11-7-15-9-16-12(11)21-13;1-3-4-8(9)6-5-7(2)10;1-3-2;1-2/h7,9-10H,3-6,8H2,1-2H3;4-7H,3,10H2,1-2H3;3H2,1-2H3;1-2H3/b;6-5-,8-4+;;. The quantitative estimate of drug-likeness (QED) is 0.462. The van der Waals surface area contributed by atoms with Crippen molar-refractivity contribution in [2.24, 2.45) is 11.7 Å². The molecule has 2 aromatic heterocycles. The second-order valence-electron chi connectivity index (χ2n) is 8.65. The fraction of sp³-hybridized carbons (Fsp3) is 0.630. The first-order chi connectivity index (χ1) is 17.2. The second kappa shape index (κ2) is 19.9. The highest BCUT2D eigenvalue weighted by molar-refractivity contribution is 7.19. The van der Waals surface area contributed by atoms with Crippen molar-refractivity contribution >= 4 is 27.6 Å². The van der Waals surface area contributed by atoms with Crippen LogP contribution < -0.4 is 5.73 Å². The Labute approximate surface area is 221 Å². The van der Waals surface area contributed by atoms with Crippen LogP contribution in [0.25, 0.3) is 10.3 Å². The summed E-state index contributed by atoms with van der Waals surface area (Å²) in [6, 6.07) is -0.0731. The van der Waals surface area contributed by atoms with E-state index in [1.165, 1.54) is 36.2 Å². The SMILES string of the molecule is CC.CC/C=C(F)\C=C/C(C)N.CCC.CN(C)CC1CCN(C(=O)c2nc3cncnc3s2)CC1. The van der Waals surface area contributed by atoms with Gasteiger partial charge in [-0.1, -0.05) is 58.5 Å². The summed E-state index contributed by atoms with van der Waals surface area (Å²) in [5.41, 5.74) is 6.06. The first-order valence-electron chi connectivity index (χ1n) is 13.0. The fourth-order valence-corrected chi connectivity index (χ4v) is 4.10. The molecule has 1 unspecified atom stereocenters. The van der Waals surface area contributed by atoms with E-state index in [4.69, 9.17) is 5.73 Å². The highest BCUT2D eigenvalue weighted by atomic mass is 32.1. The van der Waals surface area contributed by atoms with E-state index in [0.29, 0.717) is 16.4 Å². The Kier molecular flexibility index (Phi) is 18.7. The summed E-state index contributed by atoms with van der Waals surface area (Å²) in [7, 11) is 4.19. The number of likely N-dealkylation sites (tertiary alicyclic amines) is 1. The molecule has 0 radical (unpaired) electrons. The van der Waals surface area contributed by atoms with Gasteiger partial charge in [0.2, 0.25) is 0 Å². The second-order valence-corrected chi connectivity index (χ2v) is 9.63. The van der Waals surface area contributed by atoms with Gasteiger partial charge in [-0.3, -0.25) is 4.79 Å². The van der Waals surface area contributed by atoms with E-state index < -0.39 is 0 Å². The summed E-state index contributed by atoms with van der Waals surface area (Å²) in [4.78, 5) is 29.8. The number of halogens is 1. The number of rotatable bonds is 6. The number of fused-ring (bicyclic) bond motifs is 1. The number of thiazole rings is 1. The minimum absolute atomic E-state index is 0.0290. The molecule has 0 bridgehead atoms. The molecular weight excluding hydrogens is 475 g/mol. The molecule has 9 heteroatoms. The number of hydrogen-bond acceptors (Lipinski definition) is 7. The molecule has 204 valence electrons. The van der Waals surface area contributed by atoms with Crippen LogP contribution >= 0.6 is 11.3 Å². The van der Waals surface area contributed by atoms with Gasteiger partial charge in [0.1, 0.15) is 22.5 Å². The van der Waals surface area contributed by atoms with Crippen molar-refractivity contribution in [1.29, 1.82) is 0 Å². The lowest BCUT2D eigenvalue weighted by atomic mass is 9.96. The number of nitrogens with zero attached hydrogens (tertiary/aromatic N) is 5. The largest absolute Gasteiger partial charge is 0.337 e. The van der Waals surface area contributed by atoms with Crippen molar-refractivity contribution in [1.82, 2.24) is 24.8 Å². The number of piperidine rings is 1. The summed E-state index contributed by atoms with van der Waals surface area (Å²) in [6.45, 7) is 14.7. The van der Waals surface area contributed by atoms with Crippen molar-refractivity contribution in [2.45, 2.75) is 73.3 Å². The Morgan fingerprint density at radius 1 is 1.28 bits per heavy atom. The lowest BCUT2D eigenvalue weighted by molar-refractivity contribution is 0.0678. The minimum atomic E-state index is -0.209. The first kappa shape index (κ1) is 33.8. The number of allylic oxidation sites excluding steroid dienone is 3. The number of carbonyl (C=O) groups is 1. The van der Waals surface area contributed by atoms with Crippen LogP contribution in [0.5, 0.6) is 0 Å². The molecule has 1 amide bonds. The topological polar surface area (TPSA) is 88.2 Å². The van der Waals surface area contributed by atoms with Crippen molar-refractivity contribution in [3.05, 3.63) is 41.6 Å². The van der Waals surface area contributed by atoms with Gasteiger partial charge in [0.25, 0.3) is 5.91 Å². The molecular formula is C27H47FN6OS. The van der Waals surface area contributed by atoms with Gasteiger partial charge in [0.15, 0.2) is 5.01 Å². The zero-order chi connectivity index (χ0) is 27.5. The molecule has 36 heavy (non-hydrogen) atoms. The Bertz CT molecular complexity index is 872. The third kappa shape index (κ3) is 13.8. The molecule has 0 spiro atoms. The zero-order valence-corrected chi connectivity index (χ0v) is 24.3. The van der Waals surface area contributed by atoms with Crippen LogP contribution in [0, 0.1) is 5.92 Å². The van der Waals surface area contributed by atoms with Crippen LogP contribution in [0.15, 0.2) is 36.6 Å². The number of hydrogen-bond donors (Lipinski definition) is 1. The van der Waals surface area contributed by atoms with Gasteiger partial charge in [0, 0.05) is 25.7 Å². The molecule has 0 saturated carbocycles. The average molecular weight is 523 g/mol. The van der Waals surface area contributed by atoms with Gasteiger partial charge >= 0.3 is 0 Å². The fourth-order valence-electron chi connectivity index (χ4n) is 3.26. The molecule has 1 atom stereocenters. The normalized spacial score (nSPS) is 15.0. The smallest absolute Gasteiger partial charge is 0.282 e. The van der Waals surface area contributed by atoms with Gasteiger partial charge in [-0.25, -0.2) is 19.3 Å². The van der Waals surface area contributed by atoms with E-state index in [1.807, 2.05) is 25.7 Å². The van der Waals surface area contributed by atoms with Gasteiger partial charge in [-0.2, -0.15) is 0 Å². The molecule has 2 aromatic rings. The van der Waals surface area contributed by atoms with Crippen LogP contribution in [-0.4, -0.2) is 70.4 Å². The van der Waals surface area contributed by atoms with Crippen LogP contribution in [-0.2, 0) is 0 Å². The number of nitrogens with two attached hydrogens (primary N) is 1. The Morgan fingerprint density at radius 3 is 2.39 bits per heavy atom. The maximum Gasteiger partial charge on any atom is 0.282 e. The number of aromatic nitrogens is 3. The Hall–Kier alpha value is -2.23. The van der Waals surface area contributed by atoms with Crippen LogP contribution in [0.1, 0.15) is 77.0 Å². The molecule has 3 heterocycles. The van der Waals surface area contributed by atoms with Gasteiger partial charge < -0.3 is 15.5 Å². The third-order valence-corrected chi connectivity index (χ3v) is 5.71. The van der Waals surface area contributed by atoms with Crippen LogP contribution in [0.2, 0.25) is 0 Å². The molecule has 0 aliphatic carbocycles. The maximum atomic E-state index is 12.5. The molecule has 2 N–H and O–H groups in total. The Balaban J connectivity index is 0.000000689. The minimum Gasteiger partial charge on any atom is -0.337 e. The average Bonchev–Trinajstić information content (AvgIpc) is 3.29. The highest BCUT2D eigenvalue weighted by Crippen LogP contribution is 2.23. The van der Waals surface area contributed by atoms with Crippen molar-refractivity contribution in [3.63, 3.8) is 0 Å². The summed E-state index contributed by atoms with van der Waals surface area (Å²) in [5.74, 6) is 0.506. The summed E-state index contributed by atoms with van der Waals surface area (Å²) in [5, 5.41) is 0.525. The van der Waals surface area contributed by atoms with E-state index in [0.717, 1.165) is 43.7 Å². The van der Waals surface area contributed by atoms with E-state index in [1.54, 1.807) is 19.2 Å². The van der Waals surface area contributed by atoms with E-state index in [9.17, 15) is 9.18 Å². The van der Waals surface area contributed by atoms with Crippen molar-refractivity contribution < 1.29 is 9.18 Å². The third-order valence-electron chi connectivity index (χ3n) is 4.74. The zero-order valence-electron chi connectivity index (χ0n) is 23.5. The summed E-state index contributed by atoms with van der Waals surface area (Å²) >= 11 is 1.35. The lowest BCUT2D eigenvalue weighted by Crippen LogP contribution is -2.40. The predicted molar refractivity (Wildman–Crippen MR) is 152 cm³/mol. The summed E-state index contributed by atoms with van der Waals surface area (Å²) < 4.78 is 12.5. The van der Waals surface area contributed by atoms with Crippen molar-refractivity contribution in [3.8, 4) is 0 Å². The molecule has 7 nitrogen and oxygen atoms in total. The van der Waals surface area contributed by atoms with Crippen LogP contribution in [0.3, 0.4) is 0 Å². The number of amides is 1. The molecule has 1 fully saturated rings. The maximum absolute atomic E-state index is 12.5. The van der Waals surface area contributed by atoms with Gasteiger partial charge in [-0.05, 0) is 58.4 Å². The molecule has 1 aliphatic rings.